The molecule has 6 nitrogen and oxygen atoms in total. The summed E-state index contributed by atoms with van der Waals surface area (Å²) in [6.45, 7) is 2.80. The Labute approximate surface area is 112 Å². The quantitative estimate of drug-likeness (QED) is 0.844. The van der Waals surface area contributed by atoms with Gasteiger partial charge in [-0.25, -0.2) is 0 Å². The highest BCUT2D eigenvalue weighted by atomic mass is 16.5. The molecule has 2 aromatic rings. The van der Waals surface area contributed by atoms with Gasteiger partial charge in [0.05, 0.1) is 7.11 Å². The molecule has 0 saturated carbocycles. The Hall–Kier alpha value is -2.37. The molecule has 3 N–H and O–H groups in total. The number of rotatable bonds is 5. The summed E-state index contributed by atoms with van der Waals surface area (Å²) in [5.41, 5.74) is 8.07. The number of aryl methyl sites for hydroxylation is 1. The van der Waals surface area contributed by atoms with Crippen molar-refractivity contribution in [2.24, 2.45) is 0 Å². The lowest BCUT2D eigenvalue weighted by atomic mass is 10.1. The summed E-state index contributed by atoms with van der Waals surface area (Å²) >= 11 is 0. The van der Waals surface area contributed by atoms with Gasteiger partial charge in [0.2, 0.25) is 11.9 Å². The second-order valence-electron chi connectivity index (χ2n) is 4.17. The summed E-state index contributed by atoms with van der Waals surface area (Å²) in [6, 6.07) is 8.59. The SMILES string of the molecule is COc1nc(N)nc(NCCc2cccc(C)c2)n1. The third-order valence-corrected chi connectivity index (χ3v) is 2.59. The number of hydrogen-bond acceptors (Lipinski definition) is 6. The fraction of sp³-hybridized carbons (Fsp3) is 0.308. The summed E-state index contributed by atoms with van der Waals surface area (Å²) < 4.78 is 4.93. The first-order valence-electron chi connectivity index (χ1n) is 6.02. The van der Waals surface area contributed by atoms with Crippen LogP contribution in [0.2, 0.25) is 0 Å². The molecule has 1 heterocycles. The van der Waals surface area contributed by atoms with Gasteiger partial charge in [0.1, 0.15) is 0 Å². The minimum atomic E-state index is 0.143. The number of benzene rings is 1. The van der Waals surface area contributed by atoms with E-state index in [9.17, 15) is 0 Å². The number of nitrogens with two attached hydrogens (primary N) is 1. The van der Waals surface area contributed by atoms with E-state index in [0.717, 1.165) is 13.0 Å². The van der Waals surface area contributed by atoms with Gasteiger partial charge >= 0.3 is 6.01 Å². The summed E-state index contributed by atoms with van der Waals surface area (Å²) in [6.07, 6.45) is 0.885. The molecule has 19 heavy (non-hydrogen) atoms. The van der Waals surface area contributed by atoms with E-state index in [4.69, 9.17) is 10.5 Å². The number of anilines is 2. The van der Waals surface area contributed by atoms with E-state index in [1.54, 1.807) is 0 Å². The van der Waals surface area contributed by atoms with Crippen LogP contribution in [-0.2, 0) is 6.42 Å². The van der Waals surface area contributed by atoms with Crippen LogP contribution in [0.3, 0.4) is 0 Å². The predicted molar refractivity (Wildman–Crippen MR) is 74.2 cm³/mol. The molecular weight excluding hydrogens is 242 g/mol. The van der Waals surface area contributed by atoms with Crippen LogP contribution in [0.15, 0.2) is 24.3 Å². The minimum Gasteiger partial charge on any atom is -0.467 e. The third-order valence-electron chi connectivity index (χ3n) is 2.59. The molecule has 0 amide bonds. The van der Waals surface area contributed by atoms with Crippen molar-refractivity contribution in [1.82, 2.24) is 15.0 Å². The lowest BCUT2D eigenvalue weighted by Gasteiger charge is -2.07. The van der Waals surface area contributed by atoms with Crippen LogP contribution >= 0.6 is 0 Å². The molecule has 2 rings (SSSR count). The highest BCUT2D eigenvalue weighted by Crippen LogP contribution is 2.09. The summed E-state index contributed by atoms with van der Waals surface area (Å²) in [5, 5.41) is 3.11. The predicted octanol–water partition coefficient (Wildman–Crippen LogP) is 1.43. The molecule has 0 bridgehead atoms. The Morgan fingerprint density at radius 2 is 2.11 bits per heavy atom. The van der Waals surface area contributed by atoms with Crippen molar-refractivity contribution >= 4 is 11.9 Å². The fourth-order valence-corrected chi connectivity index (χ4v) is 1.73. The zero-order valence-corrected chi connectivity index (χ0v) is 11.1. The maximum Gasteiger partial charge on any atom is 0.322 e. The Morgan fingerprint density at radius 1 is 1.26 bits per heavy atom. The van der Waals surface area contributed by atoms with E-state index < -0.39 is 0 Å². The summed E-state index contributed by atoms with van der Waals surface area (Å²) in [7, 11) is 1.49. The van der Waals surface area contributed by atoms with E-state index in [1.807, 2.05) is 0 Å². The second-order valence-corrected chi connectivity index (χ2v) is 4.17. The van der Waals surface area contributed by atoms with Gasteiger partial charge in [-0.05, 0) is 18.9 Å². The van der Waals surface area contributed by atoms with Crippen molar-refractivity contribution in [2.75, 3.05) is 24.7 Å². The maximum atomic E-state index is 5.56. The molecule has 0 atom stereocenters. The first kappa shape index (κ1) is 13.1. The van der Waals surface area contributed by atoms with Gasteiger partial charge in [0.25, 0.3) is 0 Å². The van der Waals surface area contributed by atoms with Crippen molar-refractivity contribution in [1.29, 1.82) is 0 Å². The normalized spacial score (nSPS) is 10.2. The largest absolute Gasteiger partial charge is 0.467 e. The highest BCUT2D eigenvalue weighted by Gasteiger charge is 2.03. The van der Waals surface area contributed by atoms with Crippen LogP contribution in [0.4, 0.5) is 11.9 Å². The van der Waals surface area contributed by atoms with Crippen LogP contribution in [-0.4, -0.2) is 28.6 Å². The molecule has 0 unspecified atom stereocenters. The molecule has 0 saturated heterocycles. The highest BCUT2D eigenvalue weighted by molar-refractivity contribution is 5.33. The van der Waals surface area contributed by atoms with Crippen molar-refractivity contribution < 1.29 is 4.74 Å². The molecule has 0 aliphatic heterocycles. The summed E-state index contributed by atoms with van der Waals surface area (Å²) in [5.74, 6) is 0.571. The average Bonchev–Trinajstić information content (AvgIpc) is 2.38. The lowest BCUT2D eigenvalue weighted by molar-refractivity contribution is 0.379. The number of nitrogen functional groups attached to an aromatic ring is 1. The van der Waals surface area contributed by atoms with Gasteiger partial charge in [-0.15, -0.1) is 0 Å². The third kappa shape index (κ3) is 3.80. The van der Waals surface area contributed by atoms with E-state index in [0.29, 0.717) is 5.95 Å². The zero-order chi connectivity index (χ0) is 13.7. The first-order valence-corrected chi connectivity index (χ1v) is 6.02. The van der Waals surface area contributed by atoms with E-state index in [2.05, 4.69) is 51.5 Å². The van der Waals surface area contributed by atoms with Gasteiger partial charge in [-0.2, -0.15) is 15.0 Å². The molecule has 0 spiro atoms. The first-order chi connectivity index (χ1) is 9.17. The van der Waals surface area contributed by atoms with Crippen LogP contribution in [0.25, 0.3) is 0 Å². The molecule has 0 aliphatic carbocycles. The molecule has 1 aromatic heterocycles. The van der Waals surface area contributed by atoms with E-state index in [1.165, 1.54) is 18.2 Å². The Balaban J connectivity index is 1.94. The molecule has 0 aliphatic rings. The van der Waals surface area contributed by atoms with E-state index >= 15 is 0 Å². The number of nitrogens with zero attached hydrogens (tertiary/aromatic N) is 3. The van der Waals surface area contributed by atoms with Crippen molar-refractivity contribution in [3.8, 4) is 6.01 Å². The van der Waals surface area contributed by atoms with Crippen LogP contribution in [0.5, 0.6) is 6.01 Å². The molecule has 100 valence electrons. The second kappa shape index (κ2) is 5.99. The Morgan fingerprint density at radius 3 is 2.84 bits per heavy atom. The molecule has 6 heteroatoms. The maximum absolute atomic E-state index is 5.56. The standard InChI is InChI=1S/C13H17N5O/c1-9-4-3-5-10(8-9)6-7-15-12-16-11(14)17-13(18-12)19-2/h3-5,8H,6-7H2,1-2H3,(H3,14,15,16,17,18). The monoisotopic (exact) mass is 259 g/mol. The number of nitrogens with one attached hydrogen (secondary N) is 1. The fourth-order valence-electron chi connectivity index (χ4n) is 1.73. The van der Waals surface area contributed by atoms with Crippen LogP contribution in [0, 0.1) is 6.92 Å². The molecule has 1 aromatic carbocycles. The van der Waals surface area contributed by atoms with Gasteiger partial charge < -0.3 is 15.8 Å². The number of ether oxygens (including phenoxy) is 1. The van der Waals surface area contributed by atoms with Crippen LogP contribution in [0.1, 0.15) is 11.1 Å². The van der Waals surface area contributed by atoms with Crippen LogP contribution < -0.4 is 15.8 Å². The molecule has 0 fully saturated rings. The molecular formula is C13H17N5O. The van der Waals surface area contributed by atoms with Gasteiger partial charge in [-0.3, -0.25) is 0 Å². The lowest BCUT2D eigenvalue weighted by Crippen LogP contribution is -2.11. The average molecular weight is 259 g/mol. The smallest absolute Gasteiger partial charge is 0.322 e. The minimum absolute atomic E-state index is 0.143. The molecule has 0 radical (unpaired) electrons. The summed E-state index contributed by atoms with van der Waals surface area (Å²) in [4.78, 5) is 11.9. The number of methoxy groups -OCH3 is 1. The number of hydrogen-bond donors (Lipinski definition) is 2. The topological polar surface area (TPSA) is 86.0 Å². The van der Waals surface area contributed by atoms with Crippen molar-refractivity contribution in [2.45, 2.75) is 13.3 Å². The zero-order valence-electron chi connectivity index (χ0n) is 11.1. The van der Waals surface area contributed by atoms with Crippen molar-refractivity contribution in [3.63, 3.8) is 0 Å². The van der Waals surface area contributed by atoms with E-state index in [-0.39, 0.29) is 12.0 Å². The Kier molecular flexibility index (Phi) is 4.12. The Bertz CT molecular complexity index is 558. The number of aromatic nitrogens is 3. The van der Waals surface area contributed by atoms with Crippen molar-refractivity contribution in [3.05, 3.63) is 35.4 Å². The van der Waals surface area contributed by atoms with Gasteiger partial charge in [-0.1, -0.05) is 29.8 Å². The van der Waals surface area contributed by atoms with Gasteiger partial charge in [0.15, 0.2) is 0 Å². The van der Waals surface area contributed by atoms with Gasteiger partial charge in [0, 0.05) is 6.54 Å².